The van der Waals surface area contributed by atoms with Gasteiger partial charge in [0, 0.05) is 4.47 Å². The standard InChI is InChI=1S/C15H21BrO/c1-3-4-5-6-7-8-15(17)13-11-12(2)9-10-14(13)16/h3,9-11,15,17H,1,4-8H2,2H3. The summed E-state index contributed by atoms with van der Waals surface area (Å²) in [4.78, 5) is 0. The molecule has 1 rings (SSSR count). The average Bonchev–Trinajstić information content (AvgIpc) is 2.32. The van der Waals surface area contributed by atoms with E-state index < -0.39 is 0 Å². The van der Waals surface area contributed by atoms with Crippen molar-refractivity contribution in [2.75, 3.05) is 0 Å². The summed E-state index contributed by atoms with van der Waals surface area (Å²) in [5, 5.41) is 10.1. The number of aliphatic hydroxyl groups is 1. The van der Waals surface area contributed by atoms with Crippen molar-refractivity contribution < 1.29 is 5.11 Å². The van der Waals surface area contributed by atoms with Crippen molar-refractivity contribution in [2.24, 2.45) is 0 Å². The van der Waals surface area contributed by atoms with Crippen molar-refractivity contribution in [1.29, 1.82) is 0 Å². The van der Waals surface area contributed by atoms with E-state index in [1.807, 2.05) is 25.1 Å². The number of benzene rings is 1. The molecule has 1 aromatic carbocycles. The molecule has 0 bridgehead atoms. The van der Waals surface area contributed by atoms with Gasteiger partial charge in [-0.25, -0.2) is 0 Å². The van der Waals surface area contributed by atoms with Gasteiger partial charge < -0.3 is 5.11 Å². The lowest BCUT2D eigenvalue weighted by molar-refractivity contribution is 0.162. The molecule has 0 heterocycles. The van der Waals surface area contributed by atoms with Gasteiger partial charge in [-0.2, -0.15) is 0 Å². The number of rotatable bonds is 7. The number of hydrogen-bond acceptors (Lipinski definition) is 1. The van der Waals surface area contributed by atoms with Crippen LogP contribution in [0.3, 0.4) is 0 Å². The topological polar surface area (TPSA) is 20.2 Å². The molecule has 0 saturated heterocycles. The van der Waals surface area contributed by atoms with Gasteiger partial charge in [0.25, 0.3) is 0 Å². The summed E-state index contributed by atoms with van der Waals surface area (Å²) in [7, 11) is 0. The first kappa shape index (κ1) is 14.5. The van der Waals surface area contributed by atoms with Crippen LogP contribution >= 0.6 is 15.9 Å². The number of allylic oxidation sites excluding steroid dienone is 1. The van der Waals surface area contributed by atoms with Crippen molar-refractivity contribution in [2.45, 2.75) is 45.1 Å². The van der Waals surface area contributed by atoms with Gasteiger partial charge in [-0.15, -0.1) is 6.58 Å². The molecule has 0 radical (unpaired) electrons. The average molecular weight is 297 g/mol. The van der Waals surface area contributed by atoms with Gasteiger partial charge >= 0.3 is 0 Å². The summed E-state index contributed by atoms with van der Waals surface area (Å²) >= 11 is 3.49. The monoisotopic (exact) mass is 296 g/mol. The normalized spacial score (nSPS) is 12.4. The zero-order chi connectivity index (χ0) is 12.7. The third kappa shape index (κ3) is 5.05. The van der Waals surface area contributed by atoms with E-state index in [9.17, 15) is 5.11 Å². The Morgan fingerprint density at radius 3 is 2.82 bits per heavy atom. The minimum Gasteiger partial charge on any atom is -0.388 e. The lowest BCUT2D eigenvalue weighted by Gasteiger charge is -2.13. The van der Waals surface area contributed by atoms with E-state index in [0.717, 1.165) is 35.7 Å². The Morgan fingerprint density at radius 2 is 2.12 bits per heavy atom. The highest BCUT2D eigenvalue weighted by atomic mass is 79.9. The molecule has 0 saturated carbocycles. The fraction of sp³-hybridized carbons (Fsp3) is 0.467. The summed E-state index contributed by atoms with van der Waals surface area (Å²) in [5.74, 6) is 0. The Morgan fingerprint density at radius 1 is 1.35 bits per heavy atom. The second kappa shape index (κ2) is 7.67. The molecule has 0 aliphatic rings. The van der Waals surface area contributed by atoms with Gasteiger partial charge in [0.15, 0.2) is 0 Å². The molecule has 0 aromatic heterocycles. The summed E-state index contributed by atoms with van der Waals surface area (Å²) in [6.07, 6.45) is 6.90. The predicted molar refractivity (Wildman–Crippen MR) is 77.1 cm³/mol. The van der Waals surface area contributed by atoms with Crippen LogP contribution in [-0.2, 0) is 0 Å². The molecule has 2 heteroatoms. The molecule has 0 aliphatic carbocycles. The third-order valence-corrected chi connectivity index (χ3v) is 3.62. The van der Waals surface area contributed by atoms with Crippen molar-refractivity contribution in [3.05, 3.63) is 46.5 Å². The fourth-order valence-electron chi connectivity index (χ4n) is 1.88. The fourth-order valence-corrected chi connectivity index (χ4v) is 2.39. The molecule has 0 amide bonds. The van der Waals surface area contributed by atoms with E-state index in [-0.39, 0.29) is 6.10 Å². The van der Waals surface area contributed by atoms with Crippen molar-refractivity contribution in [1.82, 2.24) is 0 Å². The van der Waals surface area contributed by atoms with E-state index in [0.29, 0.717) is 0 Å². The number of aliphatic hydroxyl groups excluding tert-OH is 1. The molecule has 1 nitrogen and oxygen atoms in total. The van der Waals surface area contributed by atoms with Gasteiger partial charge in [-0.05, 0) is 37.8 Å². The van der Waals surface area contributed by atoms with Crippen LogP contribution in [0.2, 0.25) is 0 Å². The molecule has 1 aromatic rings. The minimum absolute atomic E-state index is 0.354. The maximum absolute atomic E-state index is 10.1. The van der Waals surface area contributed by atoms with Gasteiger partial charge in [-0.1, -0.05) is 52.5 Å². The highest BCUT2D eigenvalue weighted by Gasteiger charge is 2.10. The SMILES string of the molecule is C=CCCCCCC(O)c1cc(C)ccc1Br. The Bertz CT molecular complexity index is 360. The van der Waals surface area contributed by atoms with Crippen molar-refractivity contribution in [3.63, 3.8) is 0 Å². The van der Waals surface area contributed by atoms with E-state index in [1.165, 1.54) is 12.0 Å². The Balaban J connectivity index is 2.43. The smallest absolute Gasteiger partial charge is 0.0801 e. The number of unbranched alkanes of at least 4 members (excludes halogenated alkanes) is 3. The summed E-state index contributed by atoms with van der Waals surface area (Å²) in [6.45, 7) is 5.76. The molecule has 0 fully saturated rings. The Hall–Kier alpha value is -0.600. The van der Waals surface area contributed by atoms with E-state index in [1.54, 1.807) is 0 Å². The lowest BCUT2D eigenvalue weighted by Crippen LogP contribution is -1.99. The molecule has 1 N–H and O–H groups in total. The van der Waals surface area contributed by atoms with Crippen LogP contribution in [0.5, 0.6) is 0 Å². The molecule has 0 spiro atoms. The Labute approximate surface area is 113 Å². The second-order valence-corrected chi connectivity index (χ2v) is 5.32. The summed E-state index contributed by atoms with van der Waals surface area (Å²) in [5.41, 5.74) is 2.20. The van der Waals surface area contributed by atoms with Gasteiger partial charge in [0.05, 0.1) is 6.10 Å². The minimum atomic E-state index is -0.354. The van der Waals surface area contributed by atoms with Crippen molar-refractivity contribution in [3.8, 4) is 0 Å². The highest BCUT2D eigenvalue weighted by Crippen LogP contribution is 2.28. The molecular weight excluding hydrogens is 276 g/mol. The maximum atomic E-state index is 10.1. The third-order valence-electron chi connectivity index (χ3n) is 2.90. The van der Waals surface area contributed by atoms with Crippen LogP contribution in [0.1, 0.15) is 49.3 Å². The number of aryl methyl sites for hydroxylation is 1. The first-order chi connectivity index (χ1) is 8.15. The van der Waals surface area contributed by atoms with E-state index >= 15 is 0 Å². The maximum Gasteiger partial charge on any atom is 0.0801 e. The molecule has 1 unspecified atom stereocenters. The number of hydrogen-bond donors (Lipinski definition) is 1. The number of halogens is 1. The van der Waals surface area contributed by atoms with Crippen LogP contribution < -0.4 is 0 Å². The molecule has 0 aliphatic heterocycles. The van der Waals surface area contributed by atoms with Gasteiger partial charge in [0.1, 0.15) is 0 Å². The Kier molecular flexibility index (Phi) is 6.53. The molecular formula is C15H21BrO. The van der Waals surface area contributed by atoms with Gasteiger partial charge in [0.2, 0.25) is 0 Å². The highest BCUT2D eigenvalue weighted by molar-refractivity contribution is 9.10. The molecule has 1 atom stereocenters. The lowest BCUT2D eigenvalue weighted by atomic mass is 10.0. The zero-order valence-corrected chi connectivity index (χ0v) is 12.0. The first-order valence-electron chi connectivity index (χ1n) is 6.20. The van der Waals surface area contributed by atoms with Crippen LogP contribution in [0.4, 0.5) is 0 Å². The largest absolute Gasteiger partial charge is 0.388 e. The van der Waals surface area contributed by atoms with Crippen LogP contribution in [0, 0.1) is 6.92 Å². The van der Waals surface area contributed by atoms with Gasteiger partial charge in [-0.3, -0.25) is 0 Å². The van der Waals surface area contributed by atoms with Crippen LogP contribution in [0.15, 0.2) is 35.3 Å². The summed E-state index contributed by atoms with van der Waals surface area (Å²) < 4.78 is 1.00. The molecule has 94 valence electrons. The van der Waals surface area contributed by atoms with Crippen molar-refractivity contribution >= 4 is 15.9 Å². The van der Waals surface area contributed by atoms with Crippen LogP contribution in [0.25, 0.3) is 0 Å². The molecule has 17 heavy (non-hydrogen) atoms. The second-order valence-electron chi connectivity index (χ2n) is 4.47. The summed E-state index contributed by atoms with van der Waals surface area (Å²) in [6, 6.07) is 6.11. The van der Waals surface area contributed by atoms with Crippen LogP contribution in [-0.4, -0.2) is 5.11 Å². The first-order valence-corrected chi connectivity index (χ1v) is 6.99. The quantitative estimate of drug-likeness (QED) is 0.559. The van der Waals surface area contributed by atoms with E-state index in [2.05, 4.69) is 28.6 Å². The zero-order valence-electron chi connectivity index (χ0n) is 10.5. The van der Waals surface area contributed by atoms with E-state index in [4.69, 9.17) is 0 Å². The predicted octanol–water partition coefficient (Wildman–Crippen LogP) is 4.93.